The summed E-state index contributed by atoms with van der Waals surface area (Å²) in [6, 6.07) is 11.3. The lowest BCUT2D eigenvalue weighted by Gasteiger charge is -2.29. The molecule has 1 aliphatic heterocycles. The van der Waals surface area contributed by atoms with Crippen LogP contribution in [0, 0.1) is 0 Å². The molecule has 2 aromatic rings. The molecule has 0 atom stereocenters. The van der Waals surface area contributed by atoms with Gasteiger partial charge in [0.15, 0.2) is 0 Å². The minimum absolute atomic E-state index is 0.0356. The van der Waals surface area contributed by atoms with Crippen molar-refractivity contribution >= 4 is 29.1 Å². The molecule has 0 bridgehead atoms. The van der Waals surface area contributed by atoms with Crippen LogP contribution in [0.15, 0.2) is 36.4 Å². The predicted octanol–water partition coefficient (Wildman–Crippen LogP) is 4.13. The van der Waals surface area contributed by atoms with Gasteiger partial charge < -0.3 is 9.64 Å². The fourth-order valence-corrected chi connectivity index (χ4v) is 3.37. The fourth-order valence-electron chi connectivity index (χ4n) is 2.84. The van der Waals surface area contributed by atoms with Crippen LogP contribution in [-0.4, -0.2) is 24.5 Å². The number of amides is 1. The lowest BCUT2D eigenvalue weighted by molar-refractivity contribution is -0.131. The molecule has 0 aromatic heterocycles. The molecular weight excluding hydrogens is 333 g/mol. The second-order valence-electron chi connectivity index (χ2n) is 5.58. The highest BCUT2D eigenvalue weighted by atomic mass is 35.5. The summed E-state index contributed by atoms with van der Waals surface area (Å²) in [5, 5.41) is 1.06. The van der Waals surface area contributed by atoms with Crippen molar-refractivity contribution in [1.82, 2.24) is 4.90 Å². The van der Waals surface area contributed by atoms with Gasteiger partial charge in [-0.3, -0.25) is 4.79 Å². The molecule has 120 valence electrons. The Labute approximate surface area is 145 Å². The Bertz CT molecular complexity index is 726. The number of ether oxygens (including phenoxy) is 1. The maximum atomic E-state index is 12.6. The molecule has 0 fully saturated rings. The summed E-state index contributed by atoms with van der Waals surface area (Å²) in [6.45, 7) is 1.30. The van der Waals surface area contributed by atoms with Crippen molar-refractivity contribution in [1.29, 1.82) is 0 Å². The van der Waals surface area contributed by atoms with E-state index in [0.29, 0.717) is 28.7 Å². The first-order chi connectivity index (χ1) is 11.1. The first-order valence-corrected chi connectivity index (χ1v) is 8.20. The van der Waals surface area contributed by atoms with Gasteiger partial charge in [-0.15, -0.1) is 0 Å². The Balaban J connectivity index is 1.76. The van der Waals surface area contributed by atoms with Gasteiger partial charge in [-0.1, -0.05) is 35.3 Å². The van der Waals surface area contributed by atoms with Crippen LogP contribution in [0.5, 0.6) is 5.75 Å². The number of carbonyl (C=O) groups excluding carboxylic acids is 1. The first-order valence-electron chi connectivity index (χ1n) is 7.45. The predicted molar refractivity (Wildman–Crippen MR) is 92.3 cm³/mol. The minimum atomic E-state index is 0.0356. The van der Waals surface area contributed by atoms with E-state index in [1.54, 1.807) is 25.3 Å². The van der Waals surface area contributed by atoms with Crippen molar-refractivity contribution in [2.45, 2.75) is 19.4 Å². The Kier molecular flexibility index (Phi) is 4.79. The van der Waals surface area contributed by atoms with Gasteiger partial charge in [-0.25, -0.2) is 0 Å². The molecule has 0 saturated heterocycles. The zero-order valence-corrected chi connectivity index (χ0v) is 14.3. The van der Waals surface area contributed by atoms with Crippen molar-refractivity contribution in [2.75, 3.05) is 13.7 Å². The lowest BCUT2D eigenvalue weighted by Crippen LogP contribution is -2.37. The molecule has 1 amide bonds. The van der Waals surface area contributed by atoms with E-state index in [4.69, 9.17) is 27.9 Å². The average Bonchev–Trinajstić information content (AvgIpc) is 2.57. The molecule has 3 nitrogen and oxygen atoms in total. The van der Waals surface area contributed by atoms with Crippen LogP contribution in [-0.2, 0) is 24.2 Å². The monoisotopic (exact) mass is 349 g/mol. The Morgan fingerprint density at radius 2 is 1.91 bits per heavy atom. The molecule has 0 N–H and O–H groups in total. The molecule has 1 aliphatic rings. The van der Waals surface area contributed by atoms with E-state index in [1.807, 2.05) is 17.0 Å². The third kappa shape index (κ3) is 3.46. The Morgan fingerprint density at radius 3 is 2.61 bits per heavy atom. The van der Waals surface area contributed by atoms with Gasteiger partial charge in [0.05, 0.1) is 13.5 Å². The maximum absolute atomic E-state index is 12.6. The summed E-state index contributed by atoms with van der Waals surface area (Å²) in [4.78, 5) is 14.5. The van der Waals surface area contributed by atoms with Crippen molar-refractivity contribution in [3.8, 4) is 5.75 Å². The van der Waals surface area contributed by atoms with E-state index in [9.17, 15) is 4.79 Å². The van der Waals surface area contributed by atoms with Gasteiger partial charge in [0, 0.05) is 23.1 Å². The number of hydrogen-bond acceptors (Lipinski definition) is 2. The number of halogens is 2. The number of rotatable bonds is 3. The van der Waals surface area contributed by atoms with Crippen LogP contribution in [0.25, 0.3) is 0 Å². The van der Waals surface area contributed by atoms with Gasteiger partial charge in [-0.2, -0.15) is 0 Å². The number of methoxy groups -OCH3 is 1. The SMILES string of the molecule is COc1ccc2c(c1)CN(C(=O)Cc1c(Cl)cccc1Cl)CC2. The summed E-state index contributed by atoms with van der Waals surface area (Å²) < 4.78 is 5.26. The highest BCUT2D eigenvalue weighted by molar-refractivity contribution is 6.36. The summed E-state index contributed by atoms with van der Waals surface area (Å²) in [7, 11) is 1.65. The fraction of sp³-hybridized carbons (Fsp3) is 0.278. The van der Waals surface area contributed by atoms with Crippen molar-refractivity contribution in [3.05, 3.63) is 63.1 Å². The van der Waals surface area contributed by atoms with E-state index in [2.05, 4.69) is 6.07 Å². The van der Waals surface area contributed by atoms with Gasteiger partial charge in [-0.05, 0) is 47.4 Å². The average molecular weight is 350 g/mol. The normalized spacial score (nSPS) is 13.6. The Hall–Kier alpha value is -1.71. The molecule has 0 spiro atoms. The van der Waals surface area contributed by atoms with Crippen LogP contribution >= 0.6 is 23.2 Å². The standard InChI is InChI=1S/C18H17Cl2NO2/c1-23-14-6-5-12-7-8-21(11-13(12)9-14)18(22)10-15-16(19)3-2-4-17(15)20/h2-6,9H,7-8,10-11H2,1H3. The van der Waals surface area contributed by atoms with Gasteiger partial charge in [0.1, 0.15) is 5.75 Å². The topological polar surface area (TPSA) is 29.5 Å². The molecule has 2 aromatic carbocycles. The molecule has 3 rings (SSSR count). The number of carbonyl (C=O) groups is 1. The minimum Gasteiger partial charge on any atom is -0.497 e. The van der Waals surface area contributed by atoms with Crippen LogP contribution < -0.4 is 4.74 Å². The van der Waals surface area contributed by atoms with Crippen LogP contribution in [0.1, 0.15) is 16.7 Å². The Morgan fingerprint density at radius 1 is 1.17 bits per heavy atom. The highest BCUT2D eigenvalue weighted by Crippen LogP contribution is 2.27. The largest absolute Gasteiger partial charge is 0.497 e. The van der Waals surface area contributed by atoms with Gasteiger partial charge in [0.2, 0.25) is 5.91 Å². The van der Waals surface area contributed by atoms with E-state index in [-0.39, 0.29) is 12.3 Å². The van der Waals surface area contributed by atoms with Crippen molar-refractivity contribution in [3.63, 3.8) is 0 Å². The van der Waals surface area contributed by atoms with Crippen LogP contribution in [0.4, 0.5) is 0 Å². The second-order valence-corrected chi connectivity index (χ2v) is 6.39. The number of fused-ring (bicyclic) bond motifs is 1. The highest BCUT2D eigenvalue weighted by Gasteiger charge is 2.22. The van der Waals surface area contributed by atoms with Crippen molar-refractivity contribution < 1.29 is 9.53 Å². The molecular formula is C18H17Cl2NO2. The summed E-state index contributed by atoms with van der Waals surface area (Å²) in [5.74, 6) is 0.848. The summed E-state index contributed by atoms with van der Waals surface area (Å²) in [6.07, 6.45) is 1.07. The van der Waals surface area contributed by atoms with Gasteiger partial charge in [0.25, 0.3) is 0 Å². The van der Waals surface area contributed by atoms with E-state index >= 15 is 0 Å². The molecule has 0 saturated carbocycles. The van der Waals surface area contributed by atoms with Gasteiger partial charge >= 0.3 is 0 Å². The molecule has 1 heterocycles. The second kappa shape index (κ2) is 6.81. The van der Waals surface area contributed by atoms with E-state index < -0.39 is 0 Å². The van der Waals surface area contributed by atoms with E-state index in [0.717, 1.165) is 17.7 Å². The number of benzene rings is 2. The van der Waals surface area contributed by atoms with Crippen molar-refractivity contribution in [2.24, 2.45) is 0 Å². The maximum Gasteiger partial charge on any atom is 0.227 e. The third-order valence-corrected chi connectivity index (χ3v) is 4.88. The number of nitrogens with zero attached hydrogens (tertiary/aromatic N) is 1. The molecule has 0 unspecified atom stereocenters. The molecule has 5 heteroatoms. The first kappa shape index (κ1) is 16.2. The molecule has 0 radical (unpaired) electrons. The zero-order chi connectivity index (χ0) is 16.4. The summed E-state index contributed by atoms with van der Waals surface area (Å²) >= 11 is 12.3. The van der Waals surface area contributed by atoms with Crippen LogP contribution in [0.3, 0.4) is 0 Å². The summed E-state index contributed by atoms with van der Waals surface area (Å²) in [5.41, 5.74) is 3.09. The molecule has 23 heavy (non-hydrogen) atoms. The smallest absolute Gasteiger partial charge is 0.227 e. The van der Waals surface area contributed by atoms with E-state index in [1.165, 1.54) is 5.56 Å². The quantitative estimate of drug-likeness (QED) is 0.833. The van der Waals surface area contributed by atoms with Crippen LogP contribution in [0.2, 0.25) is 10.0 Å². The third-order valence-electron chi connectivity index (χ3n) is 4.17. The lowest BCUT2D eigenvalue weighted by atomic mass is 9.99. The number of hydrogen-bond donors (Lipinski definition) is 0. The zero-order valence-electron chi connectivity index (χ0n) is 12.8. The molecule has 0 aliphatic carbocycles.